The van der Waals surface area contributed by atoms with E-state index in [9.17, 15) is 0 Å². The summed E-state index contributed by atoms with van der Waals surface area (Å²) in [7, 11) is -2.75. The van der Waals surface area contributed by atoms with Crippen LogP contribution in [0.25, 0.3) is 0 Å². The van der Waals surface area contributed by atoms with Gasteiger partial charge in [-0.05, 0) is 39.3 Å². The molecule has 1 atom stereocenters. The van der Waals surface area contributed by atoms with E-state index in [-0.39, 0.29) is 59.6 Å². The van der Waals surface area contributed by atoms with Crippen LogP contribution in [0.1, 0.15) is 34.1 Å². The van der Waals surface area contributed by atoms with Crippen molar-refractivity contribution in [3.63, 3.8) is 0 Å². The summed E-state index contributed by atoms with van der Waals surface area (Å²) in [6.45, 7) is 10.1. The molecule has 1 unspecified atom stereocenters. The number of rotatable bonds is 9. The van der Waals surface area contributed by atoms with Crippen LogP contribution in [0.2, 0.25) is 0 Å². The zero-order valence-electron chi connectivity index (χ0n) is 16.0. The van der Waals surface area contributed by atoms with Crippen molar-refractivity contribution in [2.75, 3.05) is 30.6 Å². The van der Waals surface area contributed by atoms with Crippen molar-refractivity contribution in [2.45, 2.75) is 44.7 Å². The van der Waals surface area contributed by atoms with Crippen molar-refractivity contribution in [3.8, 4) is 0 Å². The smallest absolute Gasteiger partial charge is 0.373 e. The van der Waals surface area contributed by atoms with Crippen LogP contribution in [0.4, 0.5) is 5.69 Å². The first-order valence-electron chi connectivity index (χ1n) is 8.12. The summed E-state index contributed by atoms with van der Waals surface area (Å²) >= 11 is 1.87. The van der Waals surface area contributed by atoms with Gasteiger partial charge in [-0.25, -0.2) is 0 Å². The van der Waals surface area contributed by atoms with Gasteiger partial charge in [0.15, 0.2) is 0 Å². The van der Waals surface area contributed by atoms with Gasteiger partial charge in [-0.2, -0.15) is 54.0 Å². The molecule has 0 saturated heterocycles. The van der Waals surface area contributed by atoms with Crippen LogP contribution in [0.3, 0.4) is 0 Å². The van der Waals surface area contributed by atoms with Gasteiger partial charge in [-0.1, -0.05) is 19.1 Å². The molecule has 0 N–H and O–H groups in total. The van der Waals surface area contributed by atoms with Gasteiger partial charge in [0.25, 0.3) is 0 Å². The van der Waals surface area contributed by atoms with Gasteiger partial charge in [-0.3, -0.25) is 0 Å². The van der Waals surface area contributed by atoms with Gasteiger partial charge in [0, 0.05) is 24.7 Å². The van der Waals surface area contributed by atoms with Crippen molar-refractivity contribution < 1.29 is 13.3 Å². The normalized spacial score (nSPS) is 13.5. The molecule has 1 aromatic carbocycles. The largest absolute Gasteiger partial charge is 0.524 e. The lowest BCUT2D eigenvalue weighted by molar-refractivity contribution is 0.0612. The highest BCUT2D eigenvalue weighted by Crippen LogP contribution is 2.41. The molecule has 1 aliphatic heterocycles. The van der Waals surface area contributed by atoms with E-state index in [1.165, 1.54) is 10.6 Å². The van der Waals surface area contributed by atoms with Gasteiger partial charge >= 0.3 is 8.80 Å². The Hall–Kier alpha value is 0.867. The fourth-order valence-electron chi connectivity index (χ4n) is 2.96. The van der Waals surface area contributed by atoms with Crippen LogP contribution in [0, 0.1) is 0 Å². The van der Waals surface area contributed by atoms with Crippen LogP contribution < -0.4 is 4.90 Å². The molecule has 0 radical (unpaired) electrons. The zero-order valence-corrected chi connectivity index (χ0v) is 21.8. The number of hydrogen-bond acceptors (Lipinski definition) is 5. The summed E-state index contributed by atoms with van der Waals surface area (Å²) in [5.41, 5.74) is 1.43. The third-order valence-corrected chi connectivity index (χ3v) is 8.41. The average Bonchev–Trinajstić information content (AvgIpc) is 2.93. The highest BCUT2D eigenvalue weighted by atomic mass is 32.2. The quantitative estimate of drug-likeness (QED) is 0.493. The van der Waals surface area contributed by atoms with Crippen LogP contribution in [-0.4, -0.2) is 40.2 Å². The fraction of sp³-hybridized carbons (Fsp3) is 0.625. The minimum Gasteiger partial charge on any atom is -0.373 e. The first-order valence-corrected chi connectivity index (χ1v) is 10.9. The number of benzene rings is 1. The molecule has 0 amide bonds. The molecule has 0 saturated carbocycles. The van der Waals surface area contributed by atoms with Crippen molar-refractivity contribution in [1.82, 2.24) is 0 Å². The Balaban J connectivity index is -0.00000132. The van der Waals surface area contributed by atoms with Crippen LogP contribution in [0.5, 0.6) is 0 Å². The molecule has 10 heteroatoms. The Morgan fingerprint density at radius 2 is 1.42 bits per heavy atom. The summed E-state index contributed by atoms with van der Waals surface area (Å²) < 4.78 is 18.4. The first kappa shape index (κ1) is 31.6. The van der Waals surface area contributed by atoms with E-state index in [1.807, 2.05) is 32.5 Å². The maximum absolute atomic E-state index is 6.13. The Morgan fingerprint density at radius 1 is 0.923 bits per heavy atom. The molecule has 1 aromatic rings. The maximum atomic E-state index is 6.13. The molecule has 1 heterocycles. The van der Waals surface area contributed by atoms with Gasteiger partial charge in [0.1, 0.15) is 0 Å². The molecule has 0 aromatic heterocycles. The third kappa shape index (κ3) is 7.04. The maximum Gasteiger partial charge on any atom is 0.524 e. The first-order chi connectivity index (χ1) is 10.7. The SMILES string of the molecule is CCO[Si](OCC)(OCC)C(CC)N1CSc2ccccc21.S.S.S.S. The van der Waals surface area contributed by atoms with Crippen LogP contribution in [-0.2, 0) is 13.3 Å². The number of para-hydroxylation sites is 1. The molecule has 0 fully saturated rings. The Kier molecular flexibility index (Phi) is 19.1. The number of anilines is 1. The van der Waals surface area contributed by atoms with Gasteiger partial charge in [0.2, 0.25) is 0 Å². The highest BCUT2D eigenvalue weighted by molar-refractivity contribution is 7.99. The zero-order chi connectivity index (χ0) is 16.0. The standard InChI is InChI=1S/C16H27NO3SSi.4H2S/c1-5-16(22(18-6-2,19-7-3)20-8-4)17-13-21-15-12-10-9-11-14(15)17;;;;/h9-12,16H,5-8,13H2,1-4H3;4*1H2. The topological polar surface area (TPSA) is 30.9 Å². The average molecular weight is 478 g/mol. The molecule has 156 valence electrons. The highest BCUT2D eigenvalue weighted by Gasteiger charge is 2.52. The summed E-state index contributed by atoms with van der Waals surface area (Å²) in [6, 6.07) is 8.54. The third-order valence-electron chi connectivity index (χ3n) is 3.74. The minimum absolute atomic E-state index is 0. The van der Waals surface area contributed by atoms with Crippen LogP contribution >= 0.6 is 65.7 Å². The van der Waals surface area contributed by atoms with Gasteiger partial charge in [0.05, 0.1) is 17.2 Å². The summed E-state index contributed by atoms with van der Waals surface area (Å²) in [5, 5.41) is 0. The molecule has 0 bridgehead atoms. The van der Waals surface area contributed by atoms with Gasteiger partial charge < -0.3 is 18.2 Å². The predicted molar refractivity (Wildman–Crippen MR) is 136 cm³/mol. The molecule has 2 rings (SSSR count). The van der Waals surface area contributed by atoms with E-state index >= 15 is 0 Å². The van der Waals surface area contributed by atoms with Crippen molar-refractivity contribution >= 4 is 80.2 Å². The Bertz CT molecular complexity index is 470. The number of fused-ring (bicyclic) bond motifs is 1. The van der Waals surface area contributed by atoms with E-state index in [1.54, 1.807) is 0 Å². The molecule has 0 aliphatic carbocycles. The van der Waals surface area contributed by atoms with E-state index in [4.69, 9.17) is 13.3 Å². The molecule has 4 nitrogen and oxygen atoms in total. The monoisotopic (exact) mass is 477 g/mol. The summed E-state index contributed by atoms with van der Waals surface area (Å²) in [5.74, 6) is 0.930. The van der Waals surface area contributed by atoms with E-state index in [2.05, 4.69) is 36.1 Å². The molecule has 26 heavy (non-hydrogen) atoms. The second-order valence-corrected chi connectivity index (χ2v) is 8.76. The Morgan fingerprint density at radius 3 is 1.88 bits per heavy atom. The molecule has 1 aliphatic rings. The number of hydrogen-bond donors (Lipinski definition) is 0. The van der Waals surface area contributed by atoms with Crippen molar-refractivity contribution in [1.29, 1.82) is 0 Å². The van der Waals surface area contributed by atoms with Crippen molar-refractivity contribution in [2.24, 2.45) is 0 Å². The molecular weight excluding hydrogens is 443 g/mol. The lowest BCUT2D eigenvalue weighted by atomic mass is 10.3. The second-order valence-electron chi connectivity index (χ2n) is 5.04. The van der Waals surface area contributed by atoms with E-state index in [0.29, 0.717) is 19.8 Å². The molecule has 0 spiro atoms. The van der Waals surface area contributed by atoms with Crippen molar-refractivity contribution in [3.05, 3.63) is 24.3 Å². The minimum atomic E-state index is -2.75. The number of thioether (sulfide) groups is 1. The lowest BCUT2D eigenvalue weighted by Crippen LogP contribution is -2.62. The fourth-order valence-corrected chi connectivity index (χ4v) is 7.35. The summed E-state index contributed by atoms with van der Waals surface area (Å²) in [6.07, 6.45) is 0.946. The second kappa shape index (κ2) is 15.8. The lowest BCUT2D eigenvalue weighted by Gasteiger charge is -2.40. The van der Waals surface area contributed by atoms with E-state index in [0.717, 1.165) is 12.3 Å². The Labute approximate surface area is 192 Å². The van der Waals surface area contributed by atoms with E-state index < -0.39 is 8.80 Å². The number of nitrogens with zero attached hydrogens (tertiary/aromatic N) is 1. The van der Waals surface area contributed by atoms with Crippen LogP contribution in [0.15, 0.2) is 29.2 Å². The molecular formula is C16H35NO3S5Si. The van der Waals surface area contributed by atoms with Gasteiger partial charge in [-0.15, -0.1) is 11.8 Å². The predicted octanol–water partition coefficient (Wildman–Crippen LogP) is 4.37. The summed E-state index contributed by atoms with van der Waals surface area (Å²) in [4.78, 5) is 3.74.